The first kappa shape index (κ1) is 11.2. The molecule has 2 heterocycles. The lowest BCUT2D eigenvalue weighted by Gasteiger charge is -2.09. The van der Waals surface area contributed by atoms with Gasteiger partial charge in [0.05, 0.1) is 23.4 Å². The molecule has 2 aromatic rings. The van der Waals surface area contributed by atoms with Crippen molar-refractivity contribution < 1.29 is 9.90 Å². The highest BCUT2D eigenvalue weighted by molar-refractivity contribution is 6.00. The van der Waals surface area contributed by atoms with Gasteiger partial charge in [0, 0.05) is 12.7 Å². The van der Waals surface area contributed by atoms with Crippen LogP contribution < -0.4 is 5.32 Å². The first-order valence-corrected chi connectivity index (χ1v) is 6.14. The van der Waals surface area contributed by atoms with E-state index in [4.69, 9.17) is 0 Å². The van der Waals surface area contributed by atoms with Crippen LogP contribution in [0.15, 0.2) is 30.6 Å². The molecule has 1 aliphatic carbocycles. The third-order valence-electron chi connectivity index (χ3n) is 3.31. The number of nitrogens with one attached hydrogen (secondary N) is 1. The molecule has 1 fully saturated rings. The second kappa shape index (κ2) is 4.42. The number of nitrogens with zero attached hydrogens (tertiary/aromatic N) is 2. The summed E-state index contributed by atoms with van der Waals surface area (Å²) in [6, 6.07) is 5.57. The molecule has 94 valence electrons. The minimum atomic E-state index is -0.421. The largest absolute Gasteiger partial charge is 0.391 e. The monoisotopic (exact) mass is 245 g/mol. The van der Waals surface area contributed by atoms with Crippen molar-refractivity contribution >= 4 is 11.4 Å². The van der Waals surface area contributed by atoms with Gasteiger partial charge in [-0.2, -0.15) is 5.10 Å². The Kier molecular flexibility index (Phi) is 2.76. The van der Waals surface area contributed by atoms with E-state index >= 15 is 0 Å². The van der Waals surface area contributed by atoms with E-state index < -0.39 is 6.10 Å². The maximum Gasteiger partial charge on any atom is 0.255 e. The molecule has 3 rings (SSSR count). The summed E-state index contributed by atoms with van der Waals surface area (Å²) in [5.74, 6) is 0.185. The highest BCUT2D eigenvalue weighted by Gasteiger charge is 2.29. The molecule has 0 aliphatic heterocycles. The molecule has 0 saturated heterocycles. The van der Waals surface area contributed by atoms with Crippen molar-refractivity contribution in [2.45, 2.75) is 18.9 Å². The van der Waals surface area contributed by atoms with E-state index in [1.165, 1.54) is 0 Å². The highest BCUT2D eigenvalue weighted by atomic mass is 16.3. The molecule has 1 saturated carbocycles. The smallest absolute Gasteiger partial charge is 0.255 e. The van der Waals surface area contributed by atoms with Gasteiger partial charge in [-0.15, -0.1) is 0 Å². The van der Waals surface area contributed by atoms with Crippen LogP contribution in [-0.4, -0.2) is 33.3 Å². The van der Waals surface area contributed by atoms with Gasteiger partial charge in [0.1, 0.15) is 0 Å². The predicted molar refractivity (Wildman–Crippen MR) is 66.3 cm³/mol. The minimum absolute atomic E-state index is 0.184. The van der Waals surface area contributed by atoms with E-state index in [1.54, 1.807) is 16.9 Å². The lowest BCUT2D eigenvalue weighted by molar-refractivity contribution is 0.0902. The van der Waals surface area contributed by atoms with Crippen LogP contribution in [-0.2, 0) is 0 Å². The first-order valence-electron chi connectivity index (χ1n) is 6.14. The lowest BCUT2D eigenvalue weighted by Crippen LogP contribution is -2.33. The number of aromatic nitrogens is 2. The third kappa shape index (κ3) is 2.09. The molecule has 18 heavy (non-hydrogen) atoms. The number of pyridine rings is 1. The number of hydrogen-bond donors (Lipinski definition) is 2. The van der Waals surface area contributed by atoms with E-state index in [9.17, 15) is 9.90 Å². The molecule has 1 aliphatic rings. The Balaban J connectivity index is 1.71. The molecule has 2 aromatic heterocycles. The average molecular weight is 245 g/mol. The lowest BCUT2D eigenvalue weighted by atomic mass is 10.2. The van der Waals surface area contributed by atoms with E-state index in [-0.39, 0.29) is 5.91 Å². The summed E-state index contributed by atoms with van der Waals surface area (Å²) < 4.78 is 1.66. The van der Waals surface area contributed by atoms with Gasteiger partial charge in [-0.05, 0) is 30.9 Å². The van der Waals surface area contributed by atoms with Crippen LogP contribution in [0.5, 0.6) is 0 Å². The van der Waals surface area contributed by atoms with E-state index in [0.717, 1.165) is 18.4 Å². The van der Waals surface area contributed by atoms with Crippen LogP contribution in [0.25, 0.3) is 5.52 Å². The van der Waals surface area contributed by atoms with Gasteiger partial charge in [-0.25, -0.2) is 4.52 Å². The fraction of sp³-hybridized carbons (Fsp3) is 0.385. The Morgan fingerprint density at radius 1 is 1.56 bits per heavy atom. The molecule has 0 bridgehead atoms. The van der Waals surface area contributed by atoms with E-state index in [2.05, 4.69) is 10.4 Å². The SMILES string of the molecule is O=C(NCC(O)C1CC1)c1cnn2ccccc12. The van der Waals surface area contributed by atoms with Gasteiger partial charge in [-0.3, -0.25) is 4.79 Å². The zero-order valence-corrected chi connectivity index (χ0v) is 9.91. The van der Waals surface area contributed by atoms with Gasteiger partial charge >= 0.3 is 0 Å². The maximum atomic E-state index is 12.0. The van der Waals surface area contributed by atoms with Crippen molar-refractivity contribution in [3.05, 3.63) is 36.2 Å². The normalized spacial score (nSPS) is 16.7. The quantitative estimate of drug-likeness (QED) is 0.838. The number of aliphatic hydroxyl groups is 1. The van der Waals surface area contributed by atoms with Crippen molar-refractivity contribution in [3.63, 3.8) is 0 Å². The Morgan fingerprint density at radius 2 is 2.39 bits per heavy atom. The third-order valence-corrected chi connectivity index (χ3v) is 3.31. The van der Waals surface area contributed by atoms with Crippen molar-refractivity contribution in [3.8, 4) is 0 Å². The van der Waals surface area contributed by atoms with Crippen LogP contribution in [0.2, 0.25) is 0 Å². The molecule has 5 nitrogen and oxygen atoms in total. The first-order chi connectivity index (χ1) is 8.75. The van der Waals surface area contributed by atoms with Crippen LogP contribution >= 0.6 is 0 Å². The van der Waals surface area contributed by atoms with Crippen molar-refractivity contribution in [1.82, 2.24) is 14.9 Å². The predicted octanol–water partition coefficient (Wildman–Crippen LogP) is 0.835. The fourth-order valence-corrected chi connectivity index (χ4v) is 2.05. The summed E-state index contributed by atoms with van der Waals surface area (Å²) in [7, 11) is 0. The average Bonchev–Trinajstić information content (AvgIpc) is 3.15. The molecular weight excluding hydrogens is 230 g/mol. The molecule has 5 heteroatoms. The fourth-order valence-electron chi connectivity index (χ4n) is 2.05. The Labute approximate surface area is 104 Å². The topological polar surface area (TPSA) is 66.6 Å². The standard InChI is InChI=1S/C13H15N3O2/c17-12(9-4-5-9)8-14-13(18)10-7-15-16-6-2-1-3-11(10)16/h1-3,6-7,9,12,17H,4-5,8H2,(H,14,18). The van der Waals surface area contributed by atoms with Crippen LogP contribution in [0.3, 0.4) is 0 Å². The second-order valence-corrected chi connectivity index (χ2v) is 4.70. The van der Waals surface area contributed by atoms with E-state index in [0.29, 0.717) is 18.0 Å². The number of carbonyl (C=O) groups excluding carboxylic acids is 1. The summed E-state index contributed by atoms with van der Waals surface area (Å²) in [6.07, 6.45) is 5.05. The molecule has 0 aromatic carbocycles. The number of carbonyl (C=O) groups is 1. The van der Waals surface area contributed by atoms with E-state index in [1.807, 2.05) is 18.2 Å². The zero-order chi connectivity index (χ0) is 12.5. The molecule has 1 amide bonds. The van der Waals surface area contributed by atoms with Gasteiger partial charge in [0.25, 0.3) is 5.91 Å². The van der Waals surface area contributed by atoms with Crippen molar-refractivity contribution in [2.24, 2.45) is 5.92 Å². The van der Waals surface area contributed by atoms with Crippen molar-refractivity contribution in [2.75, 3.05) is 6.54 Å². The summed E-state index contributed by atoms with van der Waals surface area (Å²) >= 11 is 0. The van der Waals surface area contributed by atoms with Crippen molar-refractivity contribution in [1.29, 1.82) is 0 Å². The van der Waals surface area contributed by atoms with Crippen LogP contribution in [0, 0.1) is 5.92 Å². The van der Waals surface area contributed by atoms with Gasteiger partial charge in [0.2, 0.25) is 0 Å². The minimum Gasteiger partial charge on any atom is -0.391 e. The van der Waals surface area contributed by atoms with Gasteiger partial charge < -0.3 is 10.4 Å². The molecule has 0 radical (unpaired) electrons. The number of hydrogen-bond acceptors (Lipinski definition) is 3. The maximum absolute atomic E-state index is 12.0. The molecule has 1 unspecified atom stereocenters. The Bertz CT molecular complexity index is 574. The second-order valence-electron chi connectivity index (χ2n) is 4.70. The molecule has 2 N–H and O–H groups in total. The Hall–Kier alpha value is -1.88. The number of rotatable bonds is 4. The van der Waals surface area contributed by atoms with Gasteiger partial charge in [0.15, 0.2) is 0 Å². The van der Waals surface area contributed by atoms with Crippen LogP contribution in [0.1, 0.15) is 23.2 Å². The van der Waals surface area contributed by atoms with Gasteiger partial charge in [-0.1, -0.05) is 6.07 Å². The number of fused-ring (bicyclic) bond motifs is 1. The van der Waals surface area contributed by atoms with Crippen LogP contribution in [0.4, 0.5) is 0 Å². The summed E-state index contributed by atoms with van der Waals surface area (Å²) in [5, 5.41) is 16.6. The molecule has 1 atom stereocenters. The zero-order valence-electron chi connectivity index (χ0n) is 9.91. The summed E-state index contributed by atoms with van der Waals surface area (Å²) in [4.78, 5) is 12.0. The highest BCUT2D eigenvalue weighted by Crippen LogP contribution is 2.32. The number of amides is 1. The molecule has 0 spiro atoms. The summed E-state index contributed by atoms with van der Waals surface area (Å²) in [5.41, 5.74) is 1.31. The summed E-state index contributed by atoms with van der Waals surface area (Å²) in [6.45, 7) is 0.313. The number of aliphatic hydroxyl groups excluding tert-OH is 1. The Morgan fingerprint density at radius 3 is 3.17 bits per heavy atom. The molecular formula is C13H15N3O2.